The normalized spacial score (nSPS) is 15.9. The molecule has 0 aromatic carbocycles. The number of rotatable bonds is 8. The van der Waals surface area contributed by atoms with Gasteiger partial charge in [-0.1, -0.05) is 13.8 Å². The van der Waals surface area contributed by atoms with Crippen molar-refractivity contribution in [3.05, 3.63) is 0 Å². The Morgan fingerprint density at radius 3 is 2.36 bits per heavy atom. The smallest absolute Gasteiger partial charge is 0.0512 e. The van der Waals surface area contributed by atoms with Gasteiger partial charge in [0, 0.05) is 0 Å². The average Bonchev–Trinajstić information content (AvgIpc) is 2.10. The zero-order valence-electron chi connectivity index (χ0n) is 9.79. The molecule has 0 heterocycles. The summed E-state index contributed by atoms with van der Waals surface area (Å²) in [7, 11) is 0. The van der Waals surface area contributed by atoms with Gasteiger partial charge < -0.3 is 16.2 Å². The van der Waals surface area contributed by atoms with E-state index in [9.17, 15) is 0 Å². The van der Waals surface area contributed by atoms with E-state index in [2.05, 4.69) is 19.2 Å². The molecule has 0 radical (unpaired) electrons. The molecule has 86 valence electrons. The average molecular weight is 202 g/mol. The second kappa shape index (κ2) is 8.21. The lowest BCUT2D eigenvalue weighted by Gasteiger charge is -2.19. The van der Waals surface area contributed by atoms with Crippen LogP contribution in [-0.4, -0.2) is 30.8 Å². The molecule has 0 aliphatic carbocycles. The molecule has 0 aliphatic rings. The molecule has 0 saturated heterocycles. The third-order valence-electron chi connectivity index (χ3n) is 2.63. The molecule has 0 aliphatic heterocycles. The number of aliphatic hydroxyl groups excluding tert-OH is 1. The van der Waals surface area contributed by atoms with Gasteiger partial charge in [-0.05, 0) is 51.2 Å². The summed E-state index contributed by atoms with van der Waals surface area (Å²) in [5.74, 6) is 1.21. The highest BCUT2D eigenvalue weighted by atomic mass is 16.3. The molecule has 0 aromatic heterocycles. The minimum Gasteiger partial charge on any atom is -0.393 e. The predicted octanol–water partition coefficient (Wildman–Crippen LogP) is 0.968. The predicted molar refractivity (Wildman–Crippen MR) is 61.2 cm³/mol. The Morgan fingerprint density at radius 2 is 1.93 bits per heavy atom. The van der Waals surface area contributed by atoms with Crippen molar-refractivity contribution in [3.8, 4) is 0 Å². The van der Waals surface area contributed by atoms with E-state index in [1.165, 1.54) is 0 Å². The van der Waals surface area contributed by atoms with Crippen molar-refractivity contribution in [2.75, 3.05) is 19.6 Å². The van der Waals surface area contributed by atoms with Crippen LogP contribution >= 0.6 is 0 Å². The Kier molecular flexibility index (Phi) is 8.14. The van der Waals surface area contributed by atoms with Crippen LogP contribution in [-0.2, 0) is 0 Å². The number of hydrogen-bond acceptors (Lipinski definition) is 3. The Labute approximate surface area is 88.1 Å². The number of hydrogen-bond donors (Lipinski definition) is 3. The Hall–Kier alpha value is -0.120. The van der Waals surface area contributed by atoms with Gasteiger partial charge in [-0.25, -0.2) is 0 Å². The first-order valence-electron chi connectivity index (χ1n) is 5.66. The van der Waals surface area contributed by atoms with Crippen LogP contribution in [0.1, 0.15) is 33.6 Å². The molecule has 0 amide bonds. The zero-order chi connectivity index (χ0) is 11.0. The van der Waals surface area contributed by atoms with E-state index >= 15 is 0 Å². The first-order chi connectivity index (χ1) is 6.57. The third-order valence-corrected chi connectivity index (χ3v) is 2.63. The maximum Gasteiger partial charge on any atom is 0.0512 e. The summed E-state index contributed by atoms with van der Waals surface area (Å²) in [4.78, 5) is 0. The maximum absolute atomic E-state index is 9.05. The van der Waals surface area contributed by atoms with Crippen LogP contribution in [0, 0.1) is 11.8 Å². The van der Waals surface area contributed by atoms with Gasteiger partial charge in [0.05, 0.1) is 6.10 Å². The molecule has 0 bridgehead atoms. The SMILES string of the molecule is CC(O)CCCNCC(CN)C(C)C. The van der Waals surface area contributed by atoms with Crippen molar-refractivity contribution in [2.45, 2.75) is 39.7 Å². The second-order valence-corrected chi connectivity index (χ2v) is 4.44. The molecule has 2 atom stereocenters. The lowest BCUT2D eigenvalue weighted by atomic mass is 9.96. The molecule has 0 fully saturated rings. The second-order valence-electron chi connectivity index (χ2n) is 4.44. The first kappa shape index (κ1) is 13.9. The first-order valence-corrected chi connectivity index (χ1v) is 5.66. The van der Waals surface area contributed by atoms with E-state index in [1.54, 1.807) is 0 Å². The summed E-state index contributed by atoms with van der Waals surface area (Å²) in [5, 5.41) is 12.4. The number of nitrogens with two attached hydrogens (primary N) is 1. The van der Waals surface area contributed by atoms with Crippen LogP contribution in [0.2, 0.25) is 0 Å². The highest BCUT2D eigenvalue weighted by Crippen LogP contribution is 2.07. The molecule has 0 rings (SSSR count). The summed E-state index contributed by atoms with van der Waals surface area (Å²) in [6, 6.07) is 0. The molecule has 2 unspecified atom stereocenters. The molecule has 3 heteroatoms. The van der Waals surface area contributed by atoms with Gasteiger partial charge in [0.25, 0.3) is 0 Å². The van der Waals surface area contributed by atoms with E-state index in [0.717, 1.165) is 32.5 Å². The minimum atomic E-state index is -0.174. The van der Waals surface area contributed by atoms with E-state index in [0.29, 0.717) is 11.8 Å². The fourth-order valence-corrected chi connectivity index (χ4v) is 1.40. The van der Waals surface area contributed by atoms with E-state index < -0.39 is 0 Å². The van der Waals surface area contributed by atoms with Gasteiger partial charge >= 0.3 is 0 Å². The Bertz CT molecular complexity index is 126. The van der Waals surface area contributed by atoms with Crippen LogP contribution in [0.25, 0.3) is 0 Å². The standard InChI is InChI=1S/C11H26N2O/c1-9(2)11(7-12)8-13-6-4-5-10(3)14/h9-11,13-14H,4-8,12H2,1-3H3. The van der Waals surface area contributed by atoms with Gasteiger partial charge in [0.15, 0.2) is 0 Å². The highest BCUT2D eigenvalue weighted by molar-refractivity contribution is 4.66. The van der Waals surface area contributed by atoms with Gasteiger partial charge in [0.2, 0.25) is 0 Å². The molecule has 0 aromatic rings. The van der Waals surface area contributed by atoms with Crippen molar-refractivity contribution >= 4 is 0 Å². The summed E-state index contributed by atoms with van der Waals surface area (Å²) in [5.41, 5.74) is 5.66. The summed E-state index contributed by atoms with van der Waals surface area (Å²) in [6.45, 7) is 8.96. The molecule has 14 heavy (non-hydrogen) atoms. The van der Waals surface area contributed by atoms with Gasteiger partial charge in [-0.3, -0.25) is 0 Å². The van der Waals surface area contributed by atoms with Crippen LogP contribution in [0.3, 0.4) is 0 Å². The summed E-state index contributed by atoms with van der Waals surface area (Å²) >= 11 is 0. The van der Waals surface area contributed by atoms with Crippen molar-refractivity contribution in [1.82, 2.24) is 5.32 Å². The summed E-state index contributed by atoms with van der Waals surface area (Å²) in [6.07, 6.45) is 1.74. The molecule has 0 saturated carbocycles. The minimum absolute atomic E-state index is 0.174. The molecule has 3 nitrogen and oxygen atoms in total. The summed E-state index contributed by atoms with van der Waals surface area (Å²) < 4.78 is 0. The maximum atomic E-state index is 9.05. The highest BCUT2D eigenvalue weighted by Gasteiger charge is 2.09. The largest absolute Gasteiger partial charge is 0.393 e. The molecule has 0 spiro atoms. The van der Waals surface area contributed by atoms with Crippen molar-refractivity contribution in [1.29, 1.82) is 0 Å². The van der Waals surface area contributed by atoms with Gasteiger partial charge in [-0.2, -0.15) is 0 Å². The van der Waals surface area contributed by atoms with Crippen LogP contribution in [0.5, 0.6) is 0 Å². The topological polar surface area (TPSA) is 58.3 Å². The van der Waals surface area contributed by atoms with E-state index in [-0.39, 0.29) is 6.10 Å². The van der Waals surface area contributed by atoms with Crippen LogP contribution in [0.4, 0.5) is 0 Å². The monoisotopic (exact) mass is 202 g/mol. The number of aliphatic hydroxyl groups is 1. The van der Waals surface area contributed by atoms with Crippen molar-refractivity contribution in [3.63, 3.8) is 0 Å². The van der Waals surface area contributed by atoms with Gasteiger partial charge in [-0.15, -0.1) is 0 Å². The van der Waals surface area contributed by atoms with Gasteiger partial charge in [0.1, 0.15) is 0 Å². The molecule has 4 N–H and O–H groups in total. The lowest BCUT2D eigenvalue weighted by molar-refractivity contribution is 0.181. The fourth-order valence-electron chi connectivity index (χ4n) is 1.40. The van der Waals surface area contributed by atoms with Crippen LogP contribution < -0.4 is 11.1 Å². The fraction of sp³-hybridized carbons (Fsp3) is 1.00. The number of nitrogens with one attached hydrogen (secondary N) is 1. The van der Waals surface area contributed by atoms with E-state index in [4.69, 9.17) is 10.8 Å². The molecular formula is C11H26N2O. The van der Waals surface area contributed by atoms with Crippen LogP contribution in [0.15, 0.2) is 0 Å². The quantitative estimate of drug-likeness (QED) is 0.514. The van der Waals surface area contributed by atoms with Crippen molar-refractivity contribution < 1.29 is 5.11 Å². The molecular weight excluding hydrogens is 176 g/mol. The van der Waals surface area contributed by atoms with Crippen molar-refractivity contribution in [2.24, 2.45) is 17.6 Å². The zero-order valence-corrected chi connectivity index (χ0v) is 9.79. The third kappa shape index (κ3) is 7.30. The van der Waals surface area contributed by atoms with E-state index in [1.807, 2.05) is 6.92 Å². The Balaban J connectivity index is 3.33. The Morgan fingerprint density at radius 1 is 1.29 bits per heavy atom. The lowest BCUT2D eigenvalue weighted by Crippen LogP contribution is -2.32.